The minimum Gasteiger partial charge on any atom is -0.480 e. The van der Waals surface area contributed by atoms with Crippen molar-refractivity contribution in [2.24, 2.45) is 0 Å². The van der Waals surface area contributed by atoms with Crippen molar-refractivity contribution in [3.63, 3.8) is 0 Å². The fourth-order valence-electron chi connectivity index (χ4n) is 2.11. The van der Waals surface area contributed by atoms with Crippen LogP contribution in [0.4, 0.5) is 10.1 Å². The van der Waals surface area contributed by atoms with Crippen LogP contribution in [0.3, 0.4) is 0 Å². The third-order valence-corrected chi connectivity index (χ3v) is 3.99. The standard InChI is InChI=1S/C14H14FN3OS/c1-9-10(15)4-3-5-11(9)16-8-12-13(19-2)17-14-18(12)6-7-20-14/h3-7,16H,8H2,1-2H3. The average molecular weight is 291 g/mol. The topological polar surface area (TPSA) is 38.6 Å². The van der Waals surface area contributed by atoms with Crippen molar-refractivity contribution in [1.82, 2.24) is 9.38 Å². The lowest BCUT2D eigenvalue weighted by molar-refractivity contribution is 0.395. The van der Waals surface area contributed by atoms with Gasteiger partial charge in [-0.2, -0.15) is 4.98 Å². The molecule has 2 aromatic heterocycles. The lowest BCUT2D eigenvalue weighted by atomic mass is 10.2. The maximum Gasteiger partial charge on any atom is 0.238 e. The Hall–Kier alpha value is -2.08. The SMILES string of the molecule is COc1nc2sccn2c1CNc1cccc(F)c1C. The fourth-order valence-corrected chi connectivity index (χ4v) is 2.84. The molecule has 20 heavy (non-hydrogen) atoms. The molecule has 0 atom stereocenters. The number of benzene rings is 1. The molecule has 0 aliphatic carbocycles. The molecule has 0 unspecified atom stereocenters. The zero-order valence-electron chi connectivity index (χ0n) is 11.2. The number of thiazole rings is 1. The molecule has 0 bridgehead atoms. The van der Waals surface area contributed by atoms with E-state index in [1.165, 1.54) is 6.07 Å². The average Bonchev–Trinajstić information content (AvgIpc) is 3.01. The number of fused-ring (bicyclic) bond motifs is 1. The molecular weight excluding hydrogens is 277 g/mol. The van der Waals surface area contributed by atoms with Crippen LogP contribution in [-0.4, -0.2) is 16.5 Å². The number of hydrogen-bond acceptors (Lipinski definition) is 4. The maximum absolute atomic E-state index is 13.5. The number of hydrogen-bond donors (Lipinski definition) is 1. The van der Waals surface area contributed by atoms with Gasteiger partial charge in [-0.3, -0.25) is 4.40 Å². The van der Waals surface area contributed by atoms with E-state index in [9.17, 15) is 4.39 Å². The van der Waals surface area contributed by atoms with Gasteiger partial charge in [0.25, 0.3) is 0 Å². The third kappa shape index (κ3) is 2.12. The van der Waals surface area contributed by atoms with Gasteiger partial charge in [0.1, 0.15) is 11.5 Å². The van der Waals surface area contributed by atoms with Crippen LogP contribution < -0.4 is 10.1 Å². The summed E-state index contributed by atoms with van der Waals surface area (Å²) in [5.41, 5.74) is 2.31. The van der Waals surface area contributed by atoms with Crippen LogP contribution in [0.5, 0.6) is 5.88 Å². The van der Waals surface area contributed by atoms with Crippen LogP contribution in [-0.2, 0) is 6.54 Å². The van der Waals surface area contributed by atoms with Crippen molar-refractivity contribution in [2.75, 3.05) is 12.4 Å². The van der Waals surface area contributed by atoms with E-state index in [0.717, 1.165) is 16.3 Å². The van der Waals surface area contributed by atoms with Crippen LogP contribution in [0.15, 0.2) is 29.8 Å². The van der Waals surface area contributed by atoms with E-state index in [1.807, 2.05) is 22.0 Å². The minimum atomic E-state index is -0.212. The molecule has 104 valence electrons. The van der Waals surface area contributed by atoms with E-state index in [1.54, 1.807) is 31.4 Å². The molecule has 2 heterocycles. The van der Waals surface area contributed by atoms with Gasteiger partial charge in [-0.15, -0.1) is 11.3 Å². The molecule has 0 saturated carbocycles. The smallest absolute Gasteiger partial charge is 0.238 e. The van der Waals surface area contributed by atoms with Gasteiger partial charge in [0.2, 0.25) is 5.88 Å². The van der Waals surface area contributed by atoms with Gasteiger partial charge in [0.05, 0.1) is 13.7 Å². The zero-order chi connectivity index (χ0) is 14.1. The van der Waals surface area contributed by atoms with Crippen molar-refractivity contribution in [2.45, 2.75) is 13.5 Å². The highest BCUT2D eigenvalue weighted by molar-refractivity contribution is 7.15. The quantitative estimate of drug-likeness (QED) is 0.800. The van der Waals surface area contributed by atoms with E-state index in [2.05, 4.69) is 10.3 Å². The van der Waals surface area contributed by atoms with Crippen molar-refractivity contribution in [1.29, 1.82) is 0 Å². The summed E-state index contributed by atoms with van der Waals surface area (Å²) in [5.74, 6) is 0.384. The van der Waals surface area contributed by atoms with Crippen LogP contribution in [0.25, 0.3) is 4.96 Å². The van der Waals surface area contributed by atoms with Gasteiger partial charge in [-0.1, -0.05) is 6.07 Å². The Morgan fingerprint density at radius 3 is 3.10 bits per heavy atom. The lowest BCUT2D eigenvalue weighted by Crippen LogP contribution is -2.05. The van der Waals surface area contributed by atoms with Crippen molar-refractivity contribution < 1.29 is 9.13 Å². The summed E-state index contributed by atoms with van der Waals surface area (Å²) >= 11 is 1.55. The zero-order valence-corrected chi connectivity index (χ0v) is 12.0. The molecule has 4 nitrogen and oxygen atoms in total. The summed E-state index contributed by atoms with van der Waals surface area (Å²) in [7, 11) is 1.60. The first-order valence-corrected chi connectivity index (χ1v) is 7.06. The molecule has 0 saturated heterocycles. The highest BCUT2D eigenvalue weighted by Gasteiger charge is 2.14. The number of ether oxygens (including phenoxy) is 1. The lowest BCUT2D eigenvalue weighted by Gasteiger charge is -2.10. The molecular formula is C14H14FN3OS. The van der Waals surface area contributed by atoms with Gasteiger partial charge >= 0.3 is 0 Å². The van der Waals surface area contributed by atoms with Crippen LogP contribution >= 0.6 is 11.3 Å². The van der Waals surface area contributed by atoms with Crippen molar-refractivity contribution in [3.8, 4) is 5.88 Å². The number of nitrogens with one attached hydrogen (secondary N) is 1. The van der Waals surface area contributed by atoms with Gasteiger partial charge in [-0.25, -0.2) is 4.39 Å². The highest BCUT2D eigenvalue weighted by Crippen LogP contribution is 2.25. The monoisotopic (exact) mass is 291 g/mol. The Bertz CT molecular complexity index is 750. The number of aromatic nitrogens is 2. The second kappa shape index (κ2) is 5.13. The predicted molar refractivity (Wildman–Crippen MR) is 78.1 cm³/mol. The van der Waals surface area contributed by atoms with Crippen molar-refractivity contribution >= 4 is 22.0 Å². The van der Waals surface area contributed by atoms with Gasteiger partial charge in [-0.05, 0) is 19.1 Å². The first kappa shape index (κ1) is 12.9. The molecule has 3 rings (SSSR count). The summed E-state index contributed by atoms with van der Waals surface area (Å²) in [4.78, 5) is 5.27. The summed E-state index contributed by atoms with van der Waals surface area (Å²) in [6.45, 7) is 2.27. The number of imidazole rings is 1. The normalized spacial score (nSPS) is 10.9. The second-order valence-corrected chi connectivity index (χ2v) is 5.26. The molecule has 0 aliphatic heterocycles. The van der Waals surface area contributed by atoms with Crippen molar-refractivity contribution in [3.05, 3.63) is 46.9 Å². The number of methoxy groups -OCH3 is 1. The molecule has 0 amide bonds. The number of anilines is 1. The second-order valence-electron chi connectivity index (χ2n) is 4.39. The predicted octanol–water partition coefficient (Wildman–Crippen LogP) is 3.46. The Morgan fingerprint density at radius 1 is 1.45 bits per heavy atom. The molecule has 1 aromatic carbocycles. The Labute approximate surface area is 119 Å². The third-order valence-electron chi connectivity index (χ3n) is 3.23. The number of halogens is 1. The first-order chi connectivity index (χ1) is 9.70. The molecule has 3 aromatic rings. The van der Waals surface area contributed by atoms with Crippen LogP contribution in [0.1, 0.15) is 11.3 Å². The first-order valence-electron chi connectivity index (χ1n) is 6.18. The molecule has 0 radical (unpaired) electrons. The van der Waals surface area contributed by atoms with E-state index >= 15 is 0 Å². The Kier molecular flexibility index (Phi) is 3.31. The molecule has 1 N–H and O–H groups in total. The van der Waals surface area contributed by atoms with Crippen LogP contribution in [0.2, 0.25) is 0 Å². The van der Waals surface area contributed by atoms with E-state index in [-0.39, 0.29) is 5.82 Å². The molecule has 6 heteroatoms. The molecule has 0 spiro atoms. The highest BCUT2D eigenvalue weighted by atomic mass is 32.1. The molecule has 0 aliphatic rings. The van der Waals surface area contributed by atoms with Crippen LogP contribution in [0, 0.1) is 12.7 Å². The summed E-state index contributed by atoms with van der Waals surface area (Å²) in [5, 5.41) is 5.21. The fraction of sp³-hybridized carbons (Fsp3) is 0.214. The number of rotatable bonds is 4. The summed E-state index contributed by atoms with van der Waals surface area (Å²) < 4.78 is 20.8. The summed E-state index contributed by atoms with van der Waals surface area (Å²) in [6.07, 6.45) is 1.95. The largest absolute Gasteiger partial charge is 0.480 e. The Morgan fingerprint density at radius 2 is 2.30 bits per heavy atom. The maximum atomic E-state index is 13.5. The van der Waals surface area contributed by atoms with Gasteiger partial charge in [0.15, 0.2) is 4.96 Å². The van der Waals surface area contributed by atoms with E-state index in [4.69, 9.17) is 4.74 Å². The van der Waals surface area contributed by atoms with Gasteiger partial charge in [0, 0.05) is 22.8 Å². The summed E-state index contributed by atoms with van der Waals surface area (Å²) in [6, 6.07) is 5.01. The van der Waals surface area contributed by atoms with E-state index < -0.39 is 0 Å². The van der Waals surface area contributed by atoms with Gasteiger partial charge < -0.3 is 10.1 Å². The number of nitrogens with zero attached hydrogens (tertiary/aromatic N) is 2. The Balaban J connectivity index is 1.89. The van der Waals surface area contributed by atoms with E-state index in [0.29, 0.717) is 18.0 Å². The minimum absolute atomic E-state index is 0.212. The molecule has 0 fully saturated rings.